The number of hydrogen-bond donors (Lipinski definition) is 0. The van der Waals surface area contributed by atoms with Crippen molar-refractivity contribution in [3.05, 3.63) is 99.6 Å². The predicted molar refractivity (Wildman–Crippen MR) is 127 cm³/mol. The second-order valence-corrected chi connectivity index (χ2v) is 7.63. The maximum atomic E-state index is 12.5. The molecule has 3 aromatic rings. The normalized spacial score (nSPS) is 9.88. The van der Waals surface area contributed by atoms with E-state index < -0.39 is 11.9 Å². The van der Waals surface area contributed by atoms with Crippen LogP contribution in [0.5, 0.6) is 11.5 Å². The Bertz CT molecular complexity index is 1300. The molecule has 0 radical (unpaired) electrons. The molecule has 168 valence electrons. The zero-order valence-electron chi connectivity index (χ0n) is 18.2. The molecule has 0 N–H and O–H groups in total. The molecule has 0 bridgehead atoms. The number of nitrogens with zero attached hydrogens (tertiary/aromatic N) is 2. The molecule has 0 aliphatic heterocycles. The first-order chi connectivity index (χ1) is 16.4. The van der Waals surface area contributed by atoms with Gasteiger partial charge in [-0.05, 0) is 60.0 Å². The summed E-state index contributed by atoms with van der Waals surface area (Å²) < 4.78 is 10.7. The summed E-state index contributed by atoms with van der Waals surface area (Å²) in [6.45, 7) is 2.09. The lowest BCUT2D eigenvalue weighted by Gasteiger charge is -2.09. The van der Waals surface area contributed by atoms with Crippen molar-refractivity contribution >= 4 is 29.6 Å². The van der Waals surface area contributed by atoms with Gasteiger partial charge >= 0.3 is 11.9 Å². The fraction of sp³-hybridized carbons (Fsp3) is 0.111. The van der Waals surface area contributed by atoms with E-state index >= 15 is 0 Å². The van der Waals surface area contributed by atoms with Gasteiger partial charge < -0.3 is 9.47 Å². The lowest BCUT2D eigenvalue weighted by molar-refractivity contribution is 0.0730. The zero-order chi connectivity index (χ0) is 24.5. The van der Waals surface area contributed by atoms with Crippen molar-refractivity contribution in [2.45, 2.75) is 19.8 Å². The number of aryl methyl sites for hydroxylation is 1. The van der Waals surface area contributed by atoms with Gasteiger partial charge in [-0.25, -0.2) is 9.59 Å². The number of benzene rings is 3. The smallest absolute Gasteiger partial charge is 0.345 e. The van der Waals surface area contributed by atoms with Gasteiger partial charge in [-0.3, -0.25) is 0 Å². The van der Waals surface area contributed by atoms with Crippen LogP contribution in [0.4, 0.5) is 0 Å². The molecule has 0 atom stereocenters. The predicted octanol–water partition coefficient (Wildman–Crippen LogP) is 6.16. The Kier molecular flexibility index (Phi) is 8.18. The fourth-order valence-corrected chi connectivity index (χ4v) is 3.29. The summed E-state index contributed by atoms with van der Waals surface area (Å²) in [5, 5.41) is 17.7. The van der Waals surface area contributed by atoms with Crippen LogP contribution in [0.2, 0.25) is 5.02 Å². The van der Waals surface area contributed by atoms with Crippen molar-refractivity contribution in [3.8, 4) is 23.6 Å². The second-order valence-electron chi connectivity index (χ2n) is 7.22. The molecule has 6 nitrogen and oxygen atoms in total. The summed E-state index contributed by atoms with van der Waals surface area (Å²) in [7, 11) is 0. The Morgan fingerprint density at radius 2 is 1.50 bits per heavy atom. The van der Waals surface area contributed by atoms with Gasteiger partial charge in [0.05, 0.1) is 16.1 Å². The first-order valence-corrected chi connectivity index (χ1v) is 10.8. The summed E-state index contributed by atoms with van der Waals surface area (Å²) in [6.07, 6.45) is 3.38. The van der Waals surface area contributed by atoms with E-state index in [1.807, 2.05) is 12.1 Å². The van der Waals surface area contributed by atoms with Crippen molar-refractivity contribution in [1.29, 1.82) is 10.5 Å². The monoisotopic (exact) mass is 470 g/mol. The number of hydrogen-bond acceptors (Lipinski definition) is 6. The van der Waals surface area contributed by atoms with Gasteiger partial charge in [-0.15, -0.1) is 0 Å². The average Bonchev–Trinajstić information content (AvgIpc) is 2.84. The molecule has 0 aliphatic rings. The van der Waals surface area contributed by atoms with Gasteiger partial charge in [-0.2, -0.15) is 10.5 Å². The van der Waals surface area contributed by atoms with Crippen LogP contribution >= 0.6 is 11.6 Å². The molecule has 0 aliphatic carbocycles. The molecule has 3 rings (SSSR count). The fourth-order valence-electron chi connectivity index (χ4n) is 3.04. The van der Waals surface area contributed by atoms with E-state index in [0.717, 1.165) is 18.4 Å². The summed E-state index contributed by atoms with van der Waals surface area (Å²) in [4.78, 5) is 24.9. The number of carbonyl (C=O) groups is 2. The zero-order valence-corrected chi connectivity index (χ0v) is 19.0. The number of halogens is 1. The van der Waals surface area contributed by atoms with Gasteiger partial charge in [0, 0.05) is 6.07 Å². The van der Waals surface area contributed by atoms with Crippen molar-refractivity contribution in [2.24, 2.45) is 0 Å². The Balaban J connectivity index is 1.65. The van der Waals surface area contributed by atoms with Crippen LogP contribution in [0, 0.1) is 22.7 Å². The van der Waals surface area contributed by atoms with Crippen LogP contribution in [0.1, 0.15) is 45.2 Å². The minimum atomic E-state index is -0.688. The van der Waals surface area contributed by atoms with Crippen molar-refractivity contribution in [2.75, 3.05) is 0 Å². The number of esters is 2. The molecule has 0 unspecified atom stereocenters. The van der Waals surface area contributed by atoms with Crippen molar-refractivity contribution < 1.29 is 19.1 Å². The maximum absolute atomic E-state index is 12.5. The first-order valence-electron chi connectivity index (χ1n) is 10.4. The number of carbonyl (C=O) groups excluding carboxylic acids is 2. The topological polar surface area (TPSA) is 100 Å². The molecule has 0 fully saturated rings. The molecule has 3 aromatic carbocycles. The van der Waals surface area contributed by atoms with Gasteiger partial charge in [0.25, 0.3) is 0 Å². The molecule has 0 amide bonds. The van der Waals surface area contributed by atoms with Crippen LogP contribution in [0.3, 0.4) is 0 Å². The SMILES string of the molecule is CCCc1ccc(C(=O)Oc2ccc(C(=O)Oc3ccc(C=C(C#N)C#N)cc3)c(Cl)c2)cc1. The Hall–Kier alpha value is -4.39. The summed E-state index contributed by atoms with van der Waals surface area (Å²) in [5.74, 6) is -0.756. The Morgan fingerprint density at radius 3 is 2.09 bits per heavy atom. The number of nitriles is 2. The van der Waals surface area contributed by atoms with E-state index in [9.17, 15) is 9.59 Å². The summed E-state index contributed by atoms with van der Waals surface area (Å²) >= 11 is 6.23. The molecular weight excluding hydrogens is 452 g/mol. The van der Waals surface area contributed by atoms with Crippen LogP contribution < -0.4 is 9.47 Å². The van der Waals surface area contributed by atoms with Crippen LogP contribution in [-0.2, 0) is 6.42 Å². The Morgan fingerprint density at radius 1 is 0.882 bits per heavy atom. The van der Waals surface area contributed by atoms with Crippen LogP contribution in [0.15, 0.2) is 72.3 Å². The number of rotatable bonds is 7. The third kappa shape index (κ3) is 6.32. The highest BCUT2D eigenvalue weighted by atomic mass is 35.5. The van der Waals surface area contributed by atoms with Crippen LogP contribution in [0.25, 0.3) is 6.08 Å². The standard InChI is InChI=1S/C27H19ClN2O4/c1-2-3-18-4-8-21(9-5-18)26(31)34-23-12-13-24(25(28)15-23)27(32)33-22-10-6-19(7-11-22)14-20(16-29)17-30/h4-15H,2-3H2,1H3. The molecule has 0 saturated carbocycles. The third-order valence-electron chi connectivity index (χ3n) is 4.74. The summed E-state index contributed by atoms with van der Waals surface area (Å²) in [6, 6.07) is 21.3. The third-order valence-corrected chi connectivity index (χ3v) is 5.05. The van der Waals surface area contributed by atoms with Crippen molar-refractivity contribution in [1.82, 2.24) is 0 Å². The average molecular weight is 471 g/mol. The second kappa shape index (κ2) is 11.5. The molecular formula is C27H19ClN2O4. The molecule has 0 aromatic heterocycles. The highest BCUT2D eigenvalue weighted by molar-refractivity contribution is 6.33. The van der Waals surface area contributed by atoms with Crippen molar-refractivity contribution in [3.63, 3.8) is 0 Å². The lowest BCUT2D eigenvalue weighted by atomic mass is 10.1. The highest BCUT2D eigenvalue weighted by Crippen LogP contribution is 2.25. The van der Waals surface area contributed by atoms with Gasteiger partial charge in [0.2, 0.25) is 0 Å². The van der Waals surface area contributed by atoms with E-state index in [0.29, 0.717) is 11.1 Å². The van der Waals surface area contributed by atoms with E-state index in [4.69, 9.17) is 31.6 Å². The molecule has 7 heteroatoms. The Labute approximate surface area is 202 Å². The van der Waals surface area contributed by atoms with E-state index in [1.165, 1.54) is 36.4 Å². The molecule has 0 spiro atoms. The van der Waals surface area contributed by atoms with E-state index in [1.54, 1.807) is 36.4 Å². The molecule has 0 heterocycles. The van der Waals surface area contributed by atoms with Gasteiger partial charge in [-0.1, -0.05) is 49.2 Å². The van der Waals surface area contributed by atoms with Gasteiger partial charge in [0.1, 0.15) is 29.2 Å². The highest BCUT2D eigenvalue weighted by Gasteiger charge is 2.16. The molecule has 0 saturated heterocycles. The number of ether oxygens (including phenoxy) is 2. The largest absolute Gasteiger partial charge is 0.423 e. The number of allylic oxidation sites excluding steroid dienone is 1. The molecule has 34 heavy (non-hydrogen) atoms. The van der Waals surface area contributed by atoms with E-state index in [2.05, 4.69) is 6.92 Å². The maximum Gasteiger partial charge on any atom is 0.345 e. The minimum absolute atomic E-state index is 0.0363. The summed E-state index contributed by atoms with van der Waals surface area (Å²) in [5.41, 5.74) is 2.23. The van der Waals surface area contributed by atoms with Gasteiger partial charge in [0.15, 0.2) is 0 Å². The minimum Gasteiger partial charge on any atom is -0.423 e. The lowest BCUT2D eigenvalue weighted by Crippen LogP contribution is -2.11. The quantitative estimate of drug-likeness (QED) is 0.233. The first kappa shape index (κ1) is 24.3. The van der Waals surface area contributed by atoms with E-state index in [-0.39, 0.29) is 27.7 Å². The van der Waals surface area contributed by atoms with Crippen LogP contribution in [-0.4, -0.2) is 11.9 Å².